The SMILES string of the molecule is O=C(OCC1CC2C3CC(COC(=O)n4ccnc4)C(C3)C2C1)n1ccnc1. The molecule has 2 aromatic heterocycles. The molecule has 0 spiro atoms. The fourth-order valence-corrected chi connectivity index (χ4v) is 5.90. The first-order valence-corrected chi connectivity index (χ1v) is 9.99. The first-order valence-electron chi connectivity index (χ1n) is 9.99. The highest BCUT2D eigenvalue weighted by molar-refractivity contribution is 5.70. The number of carbonyl (C=O) groups is 2. The van der Waals surface area contributed by atoms with Crippen LogP contribution < -0.4 is 0 Å². The molecule has 0 radical (unpaired) electrons. The van der Waals surface area contributed by atoms with E-state index in [-0.39, 0.29) is 12.2 Å². The number of nitrogens with zero attached hydrogens (tertiary/aromatic N) is 4. The van der Waals surface area contributed by atoms with E-state index in [2.05, 4.69) is 9.97 Å². The molecular weight excluding hydrogens is 360 g/mol. The second-order valence-corrected chi connectivity index (χ2v) is 8.41. The number of fused-ring (bicyclic) bond motifs is 5. The zero-order valence-electron chi connectivity index (χ0n) is 15.6. The van der Waals surface area contributed by atoms with Crippen molar-refractivity contribution in [3.05, 3.63) is 37.4 Å². The summed E-state index contributed by atoms with van der Waals surface area (Å²) in [7, 11) is 0. The highest BCUT2D eigenvalue weighted by atomic mass is 16.6. The van der Waals surface area contributed by atoms with Crippen molar-refractivity contribution in [3.63, 3.8) is 0 Å². The van der Waals surface area contributed by atoms with Crippen molar-refractivity contribution in [3.8, 4) is 0 Å². The van der Waals surface area contributed by atoms with Crippen molar-refractivity contribution >= 4 is 12.2 Å². The Kier molecular flexibility index (Phi) is 4.41. The maximum atomic E-state index is 12.0. The summed E-state index contributed by atoms with van der Waals surface area (Å²) in [5.41, 5.74) is 0. The molecule has 0 N–H and O–H groups in total. The zero-order chi connectivity index (χ0) is 19.1. The van der Waals surface area contributed by atoms with Gasteiger partial charge in [0.25, 0.3) is 0 Å². The zero-order valence-corrected chi connectivity index (χ0v) is 15.6. The third-order valence-corrected chi connectivity index (χ3v) is 7.00. The number of ether oxygens (including phenoxy) is 2. The molecule has 0 aromatic carbocycles. The van der Waals surface area contributed by atoms with Crippen molar-refractivity contribution < 1.29 is 19.1 Å². The van der Waals surface area contributed by atoms with Crippen LogP contribution in [0.2, 0.25) is 0 Å². The highest BCUT2D eigenvalue weighted by Gasteiger charge is 2.56. The first-order chi connectivity index (χ1) is 13.7. The van der Waals surface area contributed by atoms with Gasteiger partial charge < -0.3 is 9.47 Å². The molecule has 0 saturated heterocycles. The molecule has 2 aromatic rings. The van der Waals surface area contributed by atoms with Gasteiger partial charge in [-0.15, -0.1) is 0 Å². The van der Waals surface area contributed by atoms with E-state index in [1.165, 1.54) is 28.2 Å². The number of imidazole rings is 2. The average molecular weight is 384 g/mol. The molecule has 3 aliphatic rings. The van der Waals surface area contributed by atoms with Gasteiger partial charge in [-0.1, -0.05) is 0 Å². The van der Waals surface area contributed by atoms with Gasteiger partial charge in [0.1, 0.15) is 12.7 Å². The summed E-state index contributed by atoms with van der Waals surface area (Å²) in [6, 6.07) is 0. The monoisotopic (exact) mass is 384 g/mol. The van der Waals surface area contributed by atoms with Crippen molar-refractivity contribution in [2.24, 2.45) is 35.5 Å². The molecule has 28 heavy (non-hydrogen) atoms. The highest BCUT2D eigenvalue weighted by Crippen LogP contribution is 2.62. The van der Waals surface area contributed by atoms with Gasteiger partial charge in [-0.25, -0.2) is 28.7 Å². The van der Waals surface area contributed by atoms with E-state index in [1.54, 1.807) is 24.8 Å². The lowest BCUT2D eigenvalue weighted by atomic mass is 9.76. The molecule has 148 valence electrons. The Hall–Kier alpha value is -2.64. The van der Waals surface area contributed by atoms with E-state index in [9.17, 15) is 9.59 Å². The molecule has 2 heterocycles. The lowest BCUT2D eigenvalue weighted by Gasteiger charge is -2.31. The third kappa shape index (κ3) is 3.10. The van der Waals surface area contributed by atoms with Gasteiger partial charge in [-0.2, -0.15) is 0 Å². The Morgan fingerprint density at radius 3 is 2.11 bits per heavy atom. The Morgan fingerprint density at radius 2 is 1.46 bits per heavy atom. The fraction of sp³-hybridized carbons (Fsp3) is 0.600. The van der Waals surface area contributed by atoms with Gasteiger partial charge in [-0.3, -0.25) is 0 Å². The van der Waals surface area contributed by atoms with Crippen LogP contribution >= 0.6 is 0 Å². The van der Waals surface area contributed by atoms with E-state index in [1.807, 2.05) is 0 Å². The third-order valence-electron chi connectivity index (χ3n) is 7.00. The Morgan fingerprint density at radius 1 is 0.821 bits per heavy atom. The molecular formula is C20H24N4O4. The predicted octanol–water partition coefficient (Wildman–Crippen LogP) is 3.05. The lowest BCUT2D eigenvalue weighted by Crippen LogP contribution is -2.28. The Labute approximate surface area is 162 Å². The standard InChI is InChI=1S/C20H24N4O4/c25-19(23-3-1-21-11-23)27-9-13-5-16-14-7-15(17(8-14)18(16)6-13)10-28-20(26)24-4-2-22-12-24/h1-4,11-18H,5-10H2. The van der Waals surface area contributed by atoms with Crippen molar-refractivity contribution in [2.45, 2.75) is 25.7 Å². The van der Waals surface area contributed by atoms with Gasteiger partial charge in [0, 0.05) is 24.8 Å². The topological polar surface area (TPSA) is 88.2 Å². The lowest BCUT2D eigenvalue weighted by molar-refractivity contribution is 0.0876. The van der Waals surface area contributed by atoms with Gasteiger partial charge in [-0.05, 0) is 61.2 Å². The molecule has 6 atom stereocenters. The number of aromatic nitrogens is 4. The molecule has 8 heteroatoms. The molecule has 3 saturated carbocycles. The normalized spacial score (nSPS) is 33.0. The number of hydrogen-bond donors (Lipinski definition) is 0. The minimum absolute atomic E-state index is 0.354. The van der Waals surface area contributed by atoms with E-state index in [0.717, 1.165) is 31.1 Å². The summed E-state index contributed by atoms with van der Waals surface area (Å²) in [6.07, 6.45) is 13.2. The summed E-state index contributed by atoms with van der Waals surface area (Å²) in [5, 5.41) is 0. The Balaban J connectivity index is 1.12. The van der Waals surface area contributed by atoms with Crippen molar-refractivity contribution in [1.82, 2.24) is 19.1 Å². The molecule has 6 unspecified atom stereocenters. The maximum Gasteiger partial charge on any atom is 0.419 e. The van der Waals surface area contributed by atoms with Gasteiger partial charge in [0.15, 0.2) is 0 Å². The number of hydrogen-bond acceptors (Lipinski definition) is 6. The molecule has 0 amide bonds. The summed E-state index contributed by atoms with van der Waals surface area (Å²) in [6.45, 7) is 0.964. The van der Waals surface area contributed by atoms with Crippen LogP contribution in [0.3, 0.4) is 0 Å². The van der Waals surface area contributed by atoms with E-state index in [4.69, 9.17) is 9.47 Å². The van der Waals surface area contributed by atoms with Crippen LogP contribution in [0, 0.1) is 35.5 Å². The summed E-state index contributed by atoms with van der Waals surface area (Å²) >= 11 is 0. The molecule has 5 rings (SSSR count). The second-order valence-electron chi connectivity index (χ2n) is 8.41. The largest absolute Gasteiger partial charge is 0.449 e. The van der Waals surface area contributed by atoms with Crippen LogP contribution in [0.25, 0.3) is 0 Å². The van der Waals surface area contributed by atoms with Gasteiger partial charge >= 0.3 is 12.2 Å². The minimum Gasteiger partial charge on any atom is -0.449 e. The summed E-state index contributed by atoms with van der Waals surface area (Å²) in [5.74, 6) is 3.64. The van der Waals surface area contributed by atoms with E-state index < -0.39 is 0 Å². The van der Waals surface area contributed by atoms with Crippen LogP contribution in [0.15, 0.2) is 37.4 Å². The maximum absolute atomic E-state index is 12.0. The average Bonchev–Trinajstić information content (AvgIpc) is 3.51. The van der Waals surface area contributed by atoms with Gasteiger partial charge in [0.05, 0.1) is 13.2 Å². The van der Waals surface area contributed by atoms with Crippen LogP contribution in [0.5, 0.6) is 0 Å². The second kappa shape index (κ2) is 7.07. The van der Waals surface area contributed by atoms with Crippen LogP contribution in [0.1, 0.15) is 25.7 Å². The van der Waals surface area contributed by atoms with Gasteiger partial charge in [0.2, 0.25) is 0 Å². The minimum atomic E-state index is -0.359. The van der Waals surface area contributed by atoms with Crippen LogP contribution in [-0.4, -0.2) is 44.5 Å². The molecule has 2 bridgehead atoms. The smallest absolute Gasteiger partial charge is 0.419 e. The Bertz CT molecular complexity index is 835. The summed E-state index contributed by atoms with van der Waals surface area (Å²) in [4.78, 5) is 31.8. The quantitative estimate of drug-likeness (QED) is 0.805. The molecule has 0 aliphatic heterocycles. The molecule has 8 nitrogen and oxygen atoms in total. The molecule has 3 aliphatic carbocycles. The fourth-order valence-electron chi connectivity index (χ4n) is 5.90. The van der Waals surface area contributed by atoms with E-state index in [0.29, 0.717) is 36.9 Å². The number of rotatable bonds is 4. The first kappa shape index (κ1) is 17.5. The number of carbonyl (C=O) groups excluding carboxylic acids is 2. The van der Waals surface area contributed by atoms with Crippen LogP contribution in [-0.2, 0) is 9.47 Å². The van der Waals surface area contributed by atoms with E-state index >= 15 is 0 Å². The van der Waals surface area contributed by atoms with Crippen molar-refractivity contribution in [2.75, 3.05) is 13.2 Å². The summed E-state index contributed by atoms with van der Waals surface area (Å²) < 4.78 is 13.7. The predicted molar refractivity (Wildman–Crippen MR) is 97.4 cm³/mol. The van der Waals surface area contributed by atoms with Crippen molar-refractivity contribution in [1.29, 1.82) is 0 Å². The molecule has 3 fully saturated rings. The van der Waals surface area contributed by atoms with Crippen LogP contribution in [0.4, 0.5) is 9.59 Å².